The van der Waals surface area contributed by atoms with Crippen molar-refractivity contribution in [2.45, 2.75) is 0 Å². The van der Waals surface area contributed by atoms with Crippen molar-refractivity contribution in [3.63, 3.8) is 0 Å². The Bertz CT molecular complexity index is 771. The highest BCUT2D eigenvalue weighted by Gasteiger charge is 2.12. The largest absolute Gasteiger partial charge is 0.384 e. The van der Waals surface area contributed by atoms with Gasteiger partial charge in [0.2, 0.25) is 0 Å². The number of nitrogens with one attached hydrogen (secondary N) is 1. The predicted molar refractivity (Wildman–Crippen MR) is 78.3 cm³/mol. The molecule has 0 unspecified atom stereocenters. The number of benzene rings is 1. The average Bonchev–Trinajstić information content (AvgIpc) is 2.47. The summed E-state index contributed by atoms with van der Waals surface area (Å²) >= 11 is 0. The van der Waals surface area contributed by atoms with E-state index in [0.29, 0.717) is 22.7 Å². The minimum absolute atomic E-state index is 0.256. The second-order valence-electron chi connectivity index (χ2n) is 4.28. The first-order valence-corrected chi connectivity index (χ1v) is 6.12. The predicted octanol–water partition coefficient (Wildman–Crippen LogP) is 2.46. The number of hydrogen-bond donors (Lipinski definition) is 2. The zero-order valence-corrected chi connectivity index (χ0v) is 10.6. The number of nitrogen functional groups attached to an aromatic ring is 1. The molecular formula is C15H12N4O. The lowest BCUT2D eigenvalue weighted by molar-refractivity contribution is 0.102. The van der Waals surface area contributed by atoms with E-state index in [9.17, 15) is 4.79 Å². The van der Waals surface area contributed by atoms with Crippen molar-refractivity contribution in [1.82, 2.24) is 9.97 Å². The van der Waals surface area contributed by atoms with Gasteiger partial charge in [-0.2, -0.15) is 0 Å². The summed E-state index contributed by atoms with van der Waals surface area (Å²) < 4.78 is 0. The summed E-state index contributed by atoms with van der Waals surface area (Å²) in [5.41, 5.74) is 6.93. The maximum absolute atomic E-state index is 12.3. The Kier molecular flexibility index (Phi) is 3.01. The van der Waals surface area contributed by atoms with Gasteiger partial charge in [0.1, 0.15) is 11.6 Å². The fraction of sp³-hybridized carbons (Fsp3) is 0. The number of anilines is 2. The normalized spacial score (nSPS) is 10.4. The molecule has 0 aliphatic carbocycles. The molecule has 0 radical (unpaired) electrons. The highest BCUT2D eigenvalue weighted by atomic mass is 16.1. The van der Waals surface area contributed by atoms with Gasteiger partial charge in [-0.05, 0) is 24.3 Å². The van der Waals surface area contributed by atoms with Crippen LogP contribution in [0.15, 0.2) is 54.7 Å². The van der Waals surface area contributed by atoms with Crippen LogP contribution in [0.1, 0.15) is 10.4 Å². The number of amides is 1. The van der Waals surface area contributed by atoms with Crippen molar-refractivity contribution in [3.8, 4) is 0 Å². The summed E-state index contributed by atoms with van der Waals surface area (Å²) in [5, 5.41) is 3.50. The van der Waals surface area contributed by atoms with E-state index in [1.165, 1.54) is 0 Å². The van der Waals surface area contributed by atoms with Gasteiger partial charge in [-0.15, -0.1) is 0 Å². The number of rotatable bonds is 2. The molecule has 1 amide bonds. The molecule has 0 spiro atoms. The van der Waals surface area contributed by atoms with Crippen molar-refractivity contribution in [1.29, 1.82) is 0 Å². The molecule has 20 heavy (non-hydrogen) atoms. The van der Waals surface area contributed by atoms with E-state index >= 15 is 0 Å². The quantitative estimate of drug-likeness (QED) is 0.745. The van der Waals surface area contributed by atoms with Crippen LogP contribution in [0.3, 0.4) is 0 Å². The lowest BCUT2D eigenvalue weighted by Crippen LogP contribution is -2.14. The monoisotopic (exact) mass is 264 g/mol. The fourth-order valence-corrected chi connectivity index (χ4v) is 2.00. The van der Waals surface area contributed by atoms with Crippen molar-refractivity contribution in [2.24, 2.45) is 0 Å². The summed E-state index contributed by atoms with van der Waals surface area (Å²) in [4.78, 5) is 20.6. The first-order chi connectivity index (χ1) is 9.74. The molecule has 2 aromatic heterocycles. The Morgan fingerprint density at radius 1 is 1.10 bits per heavy atom. The fourth-order valence-electron chi connectivity index (χ4n) is 2.00. The maximum Gasteiger partial charge on any atom is 0.257 e. The number of carbonyl (C=O) groups excluding carboxylic acids is 1. The Balaban J connectivity index is 2.03. The third-order valence-corrected chi connectivity index (χ3v) is 2.89. The number of para-hydroxylation sites is 1. The summed E-state index contributed by atoms with van der Waals surface area (Å²) in [6.07, 6.45) is 1.62. The van der Waals surface area contributed by atoms with Crippen molar-refractivity contribution in [3.05, 3.63) is 60.3 Å². The van der Waals surface area contributed by atoms with Crippen molar-refractivity contribution < 1.29 is 4.79 Å². The van der Waals surface area contributed by atoms with Gasteiger partial charge in [0.15, 0.2) is 0 Å². The molecule has 0 fully saturated rings. The van der Waals surface area contributed by atoms with Crippen LogP contribution in [0.25, 0.3) is 10.9 Å². The van der Waals surface area contributed by atoms with Crippen LogP contribution in [0.5, 0.6) is 0 Å². The Labute approximate surface area is 115 Å². The molecule has 0 aliphatic rings. The third kappa shape index (κ3) is 2.29. The molecule has 0 saturated carbocycles. The SMILES string of the molecule is Nc1cc(C(=O)Nc2ccccn2)c2ccccc2n1. The van der Waals surface area contributed by atoms with E-state index in [2.05, 4.69) is 15.3 Å². The molecule has 5 heteroatoms. The summed E-state index contributed by atoms with van der Waals surface area (Å²) in [7, 11) is 0. The van der Waals surface area contributed by atoms with Crippen LogP contribution < -0.4 is 11.1 Å². The van der Waals surface area contributed by atoms with E-state index in [1.54, 1.807) is 24.4 Å². The molecule has 5 nitrogen and oxygen atoms in total. The molecule has 3 N–H and O–H groups in total. The van der Waals surface area contributed by atoms with Gasteiger partial charge >= 0.3 is 0 Å². The molecule has 0 saturated heterocycles. The van der Waals surface area contributed by atoms with Crippen LogP contribution in [0.2, 0.25) is 0 Å². The second kappa shape index (κ2) is 4.97. The Morgan fingerprint density at radius 3 is 2.70 bits per heavy atom. The number of nitrogens with zero attached hydrogens (tertiary/aromatic N) is 2. The van der Waals surface area contributed by atoms with Gasteiger partial charge in [0.05, 0.1) is 11.1 Å². The molecule has 3 aromatic rings. The van der Waals surface area contributed by atoms with Crippen LogP contribution in [0.4, 0.5) is 11.6 Å². The Hall–Kier alpha value is -2.95. The van der Waals surface area contributed by atoms with Gasteiger partial charge in [-0.1, -0.05) is 24.3 Å². The average molecular weight is 264 g/mol. The summed E-state index contributed by atoms with van der Waals surface area (Å²) in [6.45, 7) is 0. The minimum atomic E-state index is -0.256. The molecule has 3 rings (SSSR count). The van der Waals surface area contributed by atoms with E-state index < -0.39 is 0 Å². The molecule has 98 valence electrons. The summed E-state index contributed by atoms with van der Waals surface area (Å²) in [6, 6.07) is 14.3. The second-order valence-corrected chi connectivity index (χ2v) is 4.28. The number of pyridine rings is 2. The van der Waals surface area contributed by atoms with Crippen LogP contribution in [-0.2, 0) is 0 Å². The molecule has 0 aliphatic heterocycles. The van der Waals surface area contributed by atoms with Crippen LogP contribution in [-0.4, -0.2) is 15.9 Å². The highest BCUT2D eigenvalue weighted by Crippen LogP contribution is 2.20. The molecule has 0 bridgehead atoms. The molecule has 2 heterocycles. The molecule has 0 atom stereocenters. The van der Waals surface area contributed by atoms with Gasteiger partial charge in [0.25, 0.3) is 5.91 Å². The number of nitrogens with two attached hydrogens (primary N) is 1. The number of hydrogen-bond acceptors (Lipinski definition) is 4. The highest BCUT2D eigenvalue weighted by molar-refractivity contribution is 6.12. The lowest BCUT2D eigenvalue weighted by atomic mass is 10.1. The van der Waals surface area contributed by atoms with E-state index in [1.807, 2.05) is 30.3 Å². The minimum Gasteiger partial charge on any atom is -0.384 e. The van der Waals surface area contributed by atoms with Gasteiger partial charge in [-0.3, -0.25) is 4.79 Å². The van der Waals surface area contributed by atoms with Gasteiger partial charge < -0.3 is 11.1 Å². The third-order valence-electron chi connectivity index (χ3n) is 2.89. The van der Waals surface area contributed by atoms with E-state index in [4.69, 9.17) is 5.73 Å². The van der Waals surface area contributed by atoms with Gasteiger partial charge in [-0.25, -0.2) is 9.97 Å². The summed E-state index contributed by atoms with van der Waals surface area (Å²) in [5.74, 6) is 0.556. The van der Waals surface area contributed by atoms with E-state index in [0.717, 1.165) is 5.39 Å². The maximum atomic E-state index is 12.3. The van der Waals surface area contributed by atoms with Crippen LogP contribution >= 0.6 is 0 Å². The molecule has 1 aromatic carbocycles. The van der Waals surface area contributed by atoms with Crippen molar-refractivity contribution >= 4 is 28.4 Å². The van der Waals surface area contributed by atoms with Gasteiger partial charge in [0, 0.05) is 11.6 Å². The smallest absolute Gasteiger partial charge is 0.257 e. The Morgan fingerprint density at radius 2 is 1.90 bits per heavy atom. The van der Waals surface area contributed by atoms with Crippen molar-refractivity contribution in [2.75, 3.05) is 11.1 Å². The first kappa shape index (κ1) is 12.1. The molecular weight excluding hydrogens is 252 g/mol. The number of aromatic nitrogens is 2. The van der Waals surface area contributed by atoms with Crippen LogP contribution in [0, 0.1) is 0 Å². The first-order valence-electron chi connectivity index (χ1n) is 6.12. The topological polar surface area (TPSA) is 80.9 Å². The van der Waals surface area contributed by atoms with E-state index in [-0.39, 0.29) is 5.91 Å². The zero-order chi connectivity index (χ0) is 13.9. The number of carbonyl (C=O) groups is 1. The number of fused-ring (bicyclic) bond motifs is 1. The standard InChI is InChI=1S/C15H12N4O/c16-13-9-11(10-5-1-2-6-12(10)18-13)15(20)19-14-7-3-4-8-17-14/h1-9H,(H2,16,18)(H,17,19,20). The lowest BCUT2D eigenvalue weighted by Gasteiger charge is -2.08. The zero-order valence-electron chi connectivity index (χ0n) is 10.6.